The lowest BCUT2D eigenvalue weighted by molar-refractivity contribution is -0.121. The summed E-state index contributed by atoms with van der Waals surface area (Å²) in [7, 11) is 0. The monoisotopic (exact) mass is 359 g/mol. The molecule has 0 fully saturated rings. The van der Waals surface area contributed by atoms with Crippen molar-refractivity contribution in [3.05, 3.63) is 82.7 Å². The van der Waals surface area contributed by atoms with Crippen molar-refractivity contribution in [3.63, 3.8) is 0 Å². The molecule has 0 radical (unpaired) electrons. The Kier molecular flexibility index (Phi) is 4.80. The molecule has 1 aliphatic carbocycles. The van der Waals surface area contributed by atoms with E-state index in [1.165, 1.54) is 11.1 Å². The standard InChI is InChI=1S/C23H25N3O/c1-16-22(17(2)26(25-16)20-9-4-3-5-10-20)15-24-23(27)14-19-13-12-18-8-6-7-11-21(18)19/h3-11,19H,12-15H2,1-2H3,(H,24,27). The lowest BCUT2D eigenvalue weighted by Gasteiger charge is -2.12. The van der Waals surface area contributed by atoms with Gasteiger partial charge in [0.1, 0.15) is 0 Å². The highest BCUT2D eigenvalue weighted by molar-refractivity contribution is 5.77. The quantitative estimate of drug-likeness (QED) is 0.741. The van der Waals surface area contributed by atoms with E-state index in [4.69, 9.17) is 0 Å². The molecule has 0 saturated carbocycles. The molecular weight excluding hydrogens is 334 g/mol. The Morgan fingerprint density at radius 2 is 1.85 bits per heavy atom. The molecule has 138 valence electrons. The molecule has 0 spiro atoms. The van der Waals surface area contributed by atoms with Crippen LogP contribution in [0, 0.1) is 13.8 Å². The second-order valence-electron chi connectivity index (χ2n) is 7.31. The second-order valence-corrected chi connectivity index (χ2v) is 7.31. The third-order valence-corrected chi connectivity index (χ3v) is 5.59. The minimum Gasteiger partial charge on any atom is -0.352 e. The number of hydrogen-bond donors (Lipinski definition) is 1. The van der Waals surface area contributed by atoms with Gasteiger partial charge in [-0.3, -0.25) is 4.79 Å². The van der Waals surface area contributed by atoms with E-state index >= 15 is 0 Å². The molecule has 3 aromatic rings. The summed E-state index contributed by atoms with van der Waals surface area (Å²) in [6.45, 7) is 4.58. The summed E-state index contributed by atoms with van der Waals surface area (Å²) in [6.07, 6.45) is 2.70. The van der Waals surface area contributed by atoms with Crippen LogP contribution >= 0.6 is 0 Å². The fraction of sp³-hybridized carbons (Fsp3) is 0.304. The number of rotatable bonds is 5. The lowest BCUT2D eigenvalue weighted by Crippen LogP contribution is -2.24. The molecule has 4 nitrogen and oxygen atoms in total. The van der Waals surface area contributed by atoms with Crippen LogP contribution in [0.25, 0.3) is 5.69 Å². The Bertz CT molecular complexity index is 959. The third-order valence-electron chi connectivity index (χ3n) is 5.59. The highest BCUT2D eigenvalue weighted by atomic mass is 16.1. The number of hydrogen-bond acceptors (Lipinski definition) is 2. The van der Waals surface area contributed by atoms with Gasteiger partial charge in [-0.05, 0) is 55.9 Å². The van der Waals surface area contributed by atoms with Crippen LogP contribution in [-0.4, -0.2) is 15.7 Å². The summed E-state index contributed by atoms with van der Waals surface area (Å²) < 4.78 is 1.95. The molecule has 1 atom stereocenters. The molecule has 4 rings (SSSR count). The summed E-state index contributed by atoms with van der Waals surface area (Å²) in [5, 5.41) is 7.77. The molecule has 1 N–H and O–H groups in total. The van der Waals surface area contributed by atoms with E-state index in [2.05, 4.69) is 41.6 Å². The normalized spacial score (nSPS) is 15.6. The van der Waals surface area contributed by atoms with Crippen LogP contribution in [-0.2, 0) is 17.8 Å². The number of fused-ring (bicyclic) bond motifs is 1. The first-order valence-corrected chi connectivity index (χ1v) is 9.58. The van der Waals surface area contributed by atoms with Gasteiger partial charge in [-0.15, -0.1) is 0 Å². The average Bonchev–Trinajstić information content (AvgIpc) is 3.22. The Labute approximate surface area is 160 Å². The van der Waals surface area contributed by atoms with Crippen LogP contribution < -0.4 is 5.32 Å². The number of benzene rings is 2. The van der Waals surface area contributed by atoms with Crippen LogP contribution in [0.15, 0.2) is 54.6 Å². The number of carbonyl (C=O) groups is 1. The molecule has 4 heteroatoms. The van der Waals surface area contributed by atoms with Crippen molar-refractivity contribution in [2.75, 3.05) is 0 Å². The van der Waals surface area contributed by atoms with Gasteiger partial charge in [0.25, 0.3) is 0 Å². The van der Waals surface area contributed by atoms with Gasteiger partial charge in [-0.2, -0.15) is 5.10 Å². The highest BCUT2D eigenvalue weighted by Gasteiger charge is 2.24. The molecule has 27 heavy (non-hydrogen) atoms. The zero-order valence-corrected chi connectivity index (χ0v) is 15.9. The summed E-state index contributed by atoms with van der Waals surface area (Å²) in [4.78, 5) is 12.5. The maximum Gasteiger partial charge on any atom is 0.220 e. The predicted molar refractivity (Wildman–Crippen MR) is 107 cm³/mol. The smallest absolute Gasteiger partial charge is 0.220 e. The predicted octanol–water partition coefficient (Wildman–Crippen LogP) is 4.23. The first kappa shape index (κ1) is 17.5. The second kappa shape index (κ2) is 7.39. The Balaban J connectivity index is 1.42. The van der Waals surface area contributed by atoms with Crippen molar-refractivity contribution < 1.29 is 4.79 Å². The van der Waals surface area contributed by atoms with Gasteiger partial charge in [0, 0.05) is 24.2 Å². The number of nitrogens with zero attached hydrogens (tertiary/aromatic N) is 2. The summed E-state index contributed by atoms with van der Waals surface area (Å²) >= 11 is 0. The first-order chi connectivity index (χ1) is 13.1. The molecule has 0 bridgehead atoms. The van der Waals surface area contributed by atoms with E-state index in [1.807, 2.05) is 41.9 Å². The molecule has 1 aromatic heterocycles. The van der Waals surface area contributed by atoms with E-state index in [-0.39, 0.29) is 5.91 Å². The number of para-hydroxylation sites is 1. The number of aryl methyl sites for hydroxylation is 2. The van der Waals surface area contributed by atoms with Crippen molar-refractivity contribution in [2.24, 2.45) is 0 Å². The minimum atomic E-state index is 0.114. The zero-order valence-electron chi connectivity index (χ0n) is 15.9. The molecular formula is C23H25N3O. The number of carbonyl (C=O) groups excluding carboxylic acids is 1. The highest BCUT2D eigenvalue weighted by Crippen LogP contribution is 2.35. The van der Waals surface area contributed by atoms with Gasteiger partial charge in [0.15, 0.2) is 0 Å². The van der Waals surface area contributed by atoms with Crippen molar-refractivity contribution in [2.45, 2.75) is 45.6 Å². The topological polar surface area (TPSA) is 46.9 Å². The van der Waals surface area contributed by atoms with Gasteiger partial charge < -0.3 is 5.32 Å². The largest absolute Gasteiger partial charge is 0.352 e. The van der Waals surface area contributed by atoms with E-state index < -0.39 is 0 Å². The number of amides is 1. The molecule has 1 aliphatic rings. The van der Waals surface area contributed by atoms with E-state index in [9.17, 15) is 4.79 Å². The van der Waals surface area contributed by atoms with Gasteiger partial charge in [-0.1, -0.05) is 42.5 Å². The molecule has 1 unspecified atom stereocenters. The number of aromatic nitrogens is 2. The fourth-order valence-electron chi connectivity index (χ4n) is 4.09. The summed E-state index contributed by atoms with van der Waals surface area (Å²) in [6, 6.07) is 18.6. The Hall–Kier alpha value is -2.88. The third kappa shape index (κ3) is 3.52. The molecule has 1 heterocycles. The lowest BCUT2D eigenvalue weighted by atomic mass is 9.97. The van der Waals surface area contributed by atoms with Crippen LogP contribution in [0.2, 0.25) is 0 Å². The Morgan fingerprint density at radius 1 is 1.11 bits per heavy atom. The fourth-order valence-corrected chi connectivity index (χ4v) is 4.09. The molecule has 0 aliphatic heterocycles. The van der Waals surface area contributed by atoms with Gasteiger partial charge in [0.05, 0.1) is 11.4 Å². The van der Waals surface area contributed by atoms with Crippen LogP contribution in [0.4, 0.5) is 0 Å². The minimum absolute atomic E-state index is 0.114. The number of nitrogens with one attached hydrogen (secondary N) is 1. The molecule has 0 saturated heterocycles. The van der Waals surface area contributed by atoms with Crippen molar-refractivity contribution in [3.8, 4) is 5.69 Å². The van der Waals surface area contributed by atoms with E-state index in [0.29, 0.717) is 18.9 Å². The maximum absolute atomic E-state index is 12.5. The van der Waals surface area contributed by atoms with Crippen molar-refractivity contribution in [1.29, 1.82) is 0 Å². The average molecular weight is 359 g/mol. The van der Waals surface area contributed by atoms with E-state index in [1.54, 1.807) is 0 Å². The SMILES string of the molecule is Cc1nn(-c2ccccc2)c(C)c1CNC(=O)CC1CCc2ccccc21. The van der Waals surface area contributed by atoms with Crippen LogP contribution in [0.3, 0.4) is 0 Å². The van der Waals surface area contributed by atoms with Crippen LogP contribution in [0.5, 0.6) is 0 Å². The van der Waals surface area contributed by atoms with Crippen molar-refractivity contribution >= 4 is 5.91 Å². The maximum atomic E-state index is 12.5. The zero-order chi connectivity index (χ0) is 18.8. The first-order valence-electron chi connectivity index (χ1n) is 9.58. The molecule has 2 aromatic carbocycles. The van der Waals surface area contributed by atoms with Gasteiger partial charge in [0.2, 0.25) is 5.91 Å². The summed E-state index contributed by atoms with van der Waals surface area (Å²) in [5.74, 6) is 0.457. The summed E-state index contributed by atoms with van der Waals surface area (Å²) in [5.41, 5.74) is 6.91. The Morgan fingerprint density at radius 3 is 2.67 bits per heavy atom. The van der Waals surface area contributed by atoms with Gasteiger partial charge >= 0.3 is 0 Å². The van der Waals surface area contributed by atoms with Crippen LogP contribution in [0.1, 0.15) is 46.8 Å². The molecule has 1 amide bonds. The van der Waals surface area contributed by atoms with Gasteiger partial charge in [-0.25, -0.2) is 4.68 Å². The van der Waals surface area contributed by atoms with Crippen molar-refractivity contribution in [1.82, 2.24) is 15.1 Å². The van der Waals surface area contributed by atoms with E-state index in [0.717, 1.165) is 35.5 Å².